The number of imidazole rings is 2. The zero-order chi connectivity index (χ0) is 35.7. The molecule has 2 unspecified atom stereocenters. The predicted octanol–water partition coefficient (Wildman–Crippen LogP) is 7.34. The van der Waals surface area contributed by atoms with Crippen LogP contribution >= 0.6 is 0 Å². The summed E-state index contributed by atoms with van der Waals surface area (Å²) in [5.74, 6) is 1.54. The molecule has 2 saturated carbocycles. The topological polar surface area (TPSA) is 138 Å². The van der Waals surface area contributed by atoms with Crippen molar-refractivity contribution in [2.24, 2.45) is 11.8 Å². The molecule has 10 nitrogen and oxygen atoms in total. The van der Waals surface area contributed by atoms with E-state index in [1.165, 1.54) is 12.8 Å². The first-order valence-electron chi connectivity index (χ1n) is 19.6. The van der Waals surface area contributed by atoms with Gasteiger partial charge in [-0.15, -0.1) is 0 Å². The van der Waals surface area contributed by atoms with Gasteiger partial charge >= 0.3 is 0 Å². The first-order chi connectivity index (χ1) is 25.4. The third-order valence-corrected chi connectivity index (χ3v) is 12.7. The number of aliphatic hydroxyl groups is 2. The fourth-order valence-electron chi connectivity index (χ4n) is 9.80. The molecule has 52 heavy (non-hydrogen) atoms. The SMILES string of the molecule is O=CC(O)(C1CCCCC1)N1CCC[C@H]1c1ncc(-c2ccc(-c3ccc(-c4cnc([C@@H]5CCCN5C(O)(C=O)C5CCCCC5)[nH]4)cc3)cc2)[nH]1. The molecular weight excluding hydrogens is 652 g/mol. The van der Waals surface area contributed by atoms with Crippen LogP contribution in [0.3, 0.4) is 0 Å². The number of aromatic nitrogens is 4. The van der Waals surface area contributed by atoms with Crippen molar-refractivity contribution in [1.82, 2.24) is 29.7 Å². The Hall–Kier alpha value is -3.96. The van der Waals surface area contributed by atoms with Crippen LogP contribution in [0.15, 0.2) is 60.9 Å². The lowest BCUT2D eigenvalue weighted by Gasteiger charge is -2.43. The molecule has 2 aromatic heterocycles. The highest BCUT2D eigenvalue weighted by molar-refractivity contribution is 5.71. The van der Waals surface area contributed by atoms with Gasteiger partial charge in [-0.2, -0.15) is 0 Å². The van der Waals surface area contributed by atoms with Gasteiger partial charge in [-0.25, -0.2) is 9.97 Å². The number of benzene rings is 2. The van der Waals surface area contributed by atoms with Gasteiger partial charge in [0.15, 0.2) is 24.0 Å². The van der Waals surface area contributed by atoms with E-state index in [0.29, 0.717) is 13.1 Å². The van der Waals surface area contributed by atoms with Crippen LogP contribution in [0, 0.1) is 11.8 Å². The fraction of sp³-hybridized carbons (Fsp3) is 0.524. The maximum Gasteiger partial charge on any atom is 0.178 e. The zero-order valence-electron chi connectivity index (χ0n) is 30.1. The third-order valence-electron chi connectivity index (χ3n) is 12.7. The summed E-state index contributed by atoms with van der Waals surface area (Å²) >= 11 is 0. The van der Waals surface area contributed by atoms with E-state index < -0.39 is 11.4 Å². The second-order valence-electron chi connectivity index (χ2n) is 15.7. The fourth-order valence-corrected chi connectivity index (χ4v) is 9.80. The Bertz CT molecular complexity index is 1690. The second kappa shape index (κ2) is 14.8. The van der Waals surface area contributed by atoms with Crippen molar-refractivity contribution in [3.8, 4) is 33.6 Å². The number of nitrogens with one attached hydrogen (secondary N) is 2. The smallest absolute Gasteiger partial charge is 0.178 e. The van der Waals surface area contributed by atoms with Crippen molar-refractivity contribution in [1.29, 1.82) is 0 Å². The van der Waals surface area contributed by atoms with Crippen LogP contribution in [0.25, 0.3) is 33.6 Å². The molecule has 0 radical (unpaired) electrons. The van der Waals surface area contributed by atoms with Crippen LogP contribution in [0.1, 0.15) is 114 Å². The standard InChI is InChI=1S/C42H52N6O4/c49-27-41(51,33-9-3-1-4-10-33)47-23-7-13-37(47)39-43-25-35(45-39)31-19-15-29(16-20-31)30-17-21-32(22-18-30)36-26-44-40(46-36)38-14-8-24-48(38)42(52,28-50)34-11-5-2-6-12-34/h15-22,25-28,33-34,37-38,51-52H,1-14,23-24H2,(H,43,45)(H,44,46)/t37-,38-,41?,42?/m0/s1. The number of hydrogen-bond acceptors (Lipinski definition) is 8. The zero-order valence-corrected chi connectivity index (χ0v) is 30.1. The molecule has 8 rings (SSSR count). The van der Waals surface area contributed by atoms with E-state index in [9.17, 15) is 19.8 Å². The van der Waals surface area contributed by atoms with Gasteiger partial charge in [0.2, 0.25) is 0 Å². The monoisotopic (exact) mass is 704 g/mol. The molecule has 0 spiro atoms. The van der Waals surface area contributed by atoms with Gasteiger partial charge in [-0.05, 0) is 73.6 Å². The first kappa shape index (κ1) is 35.1. The van der Waals surface area contributed by atoms with Gasteiger partial charge in [0.25, 0.3) is 0 Å². The summed E-state index contributed by atoms with van der Waals surface area (Å²) in [7, 11) is 0. The van der Waals surface area contributed by atoms with E-state index in [-0.39, 0.29) is 23.9 Å². The second-order valence-corrected chi connectivity index (χ2v) is 15.7. The first-order valence-corrected chi connectivity index (χ1v) is 19.6. The van der Waals surface area contributed by atoms with E-state index in [4.69, 9.17) is 9.97 Å². The number of H-pyrrole nitrogens is 2. The lowest BCUT2D eigenvalue weighted by Crippen LogP contribution is -2.55. The van der Waals surface area contributed by atoms with Crippen LogP contribution in [-0.2, 0) is 9.59 Å². The molecule has 10 heteroatoms. The summed E-state index contributed by atoms with van der Waals surface area (Å²) in [5, 5.41) is 23.3. The predicted molar refractivity (Wildman–Crippen MR) is 200 cm³/mol. The Kier molecular flexibility index (Phi) is 10.00. The van der Waals surface area contributed by atoms with Crippen LogP contribution < -0.4 is 0 Å². The summed E-state index contributed by atoms with van der Waals surface area (Å²) in [4.78, 5) is 45.2. The number of likely N-dealkylation sites (tertiary alicyclic amines) is 2. The molecule has 2 aliphatic carbocycles. The normalized spacial score (nSPS) is 24.8. The number of aromatic amines is 2. The highest BCUT2D eigenvalue weighted by Gasteiger charge is 2.49. The van der Waals surface area contributed by atoms with E-state index in [2.05, 4.69) is 58.5 Å². The number of rotatable bonds is 11. The molecule has 4 heterocycles. The lowest BCUT2D eigenvalue weighted by atomic mass is 9.81. The Morgan fingerprint density at radius 3 is 1.27 bits per heavy atom. The summed E-state index contributed by atoms with van der Waals surface area (Å²) in [5.41, 5.74) is 3.19. The molecule has 4 aromatic rings. The van der Waals surface area contributed by atoms with Crippen LogP contribution in [0.2, 0.25) is 0 Å². The summed E-state index contributed by atoms with van der Waals surface area (Å²) in [6.45, 7) is 1.37. The summed E-state index contributed by atoms with van der Waals surface area (Å²) < 4.78 is 0. The van der Waals surface area contributed by atoms with E-state index in [0.717, 1.165) is 135 Å². The average Bonchev–Trinajstić information content (AvgIpc) is 4.05. The Morgan fingerprint density at radius 1 is 0.538 bits per heavy atom. The minimum Gasteiger partial charge on any atom is -0.369 e. The molecule has 4 atom stereocenters. The van der Waals surface area contributed by atoms with Crippen molar-refractivity contribution in [2.75, 3.05) is 13.1 Å². The average molecular weight is 705 g/mol. The molecule has 274 valence electrons. The quantitative estimate of drug-likeness (QED) is 0.119. The number of carbonyl (C=O) groups is 2. The molecule has 0 bridgehead atoms. The van der Waals surface area contributed by atoms with Gasteiger partial charge in [0.1, 0.15) is 11.6 Å². The highest BCUT2D eigenvalue weighted by atomic mass is 16.3. The van der Waals surface area contributed by atoms with Crippen molar-refractivity contribution in [3.63, 3.8) is 0 Å². The maximum absolute atomic E-state index is 12.4. The van der Waals surface area contributed by atoms with Crippen LogP contribution in [0.5, 0.6) is 0 Å². The van der Waals surface area contributed by atoms with Gasteiger partial charge in [0, 0.05) is 24.9 Å². The summed E-state index contributed by atoms with van der Waals surface area (Å²) in [6.07, 6.45) is 18.9. The Morgan fingerprint density at radius 2 is 0.904 bits per heavy atom. The number of aldehydes is 2. The van der Waals surface area contributed by atoms with Gasteiger partial charge in [-0.3, -0.25) is 19.4 Å². The largest absolute Gasteiger partial charge is 0.369 e. The number of nitrogens with zero attached hydrogens (tertiary/aromatic N) is 4. The third kappa shape index (κ3) is 6.48. The molecule has 2 saturated heterocycles. The Labute approximate surface area is 306 Å². The number of carbonyl (C=O) groups excluding carboxylic acids is 2. The maximum atomic E-state index is 12.4. The molecule has 4 aliphatic rings. The molecule has 2 aromatic carbocycles. The van der Waals surface area contributed by atoms with E-state index >= 15 is 0 Å². The van der Waals surface area contributed by atoms with E-state index in [1.807, 2.05) is 22.2 Å². The van der Waals surface area contributed by atoms with Crippen LogP contribution in [0.4, 0.5) is 0 Å². The minimum atomic E-state index is -1.44. The lowest BCUT2D eigenvalue weighted by molar-refractivity contribution is -0.171. The van der Waals surface area contributed by atoms with Crippen molar-refractivity contribution in [2.45, 2.75) is 113 Å². The number of hydrogen-bond donors (Lipinski definition) is 4. The molecule has 4 fully saturated rings. The van der Waals surface area contributed by atoms with Crippen molar-refractivity contribution in [3.05, 3.63) is 72.6 Å². The molecule has 4 N–H and O–H groups in total. The minimum absolute atomic E-state index is 0.0296. The van der Waals surface area contributed by atoms with Gasteiger partial charge in [0.05, 0.1) is 35.9 Å². The van der Waals surface area contributed by atoms with Gasteiger partial charge in [-0.1, -0.05) is 87.1 Å². The summed E-state index contributed by atoms with van der Waals surface area (Å²) in [6, 6.07) is 16.6. The Balaban J connectivity index is 0.938. The molecular formula is C42H52N6O4. The van der Waals surface area contributed by atoms with E-state index in [1.54, 1.807) is 0 Å². The van der Waals surface area contributed by atoms with Gasteiger partial charge < -0.3 is 20.2 Å². The van der Waals surface area contributed by atoms with Crippen molar-refractivity contribution < 1.29 is 19.8 Å². The molecule has 2 aliphatic heterocycles. The molecule has 0 amide bonds. The van der Waals surface area contributed by atoms with Crippen LogP contribution in [-0.4, -0.2) is 77.1 Å². The highest BCUT2D eigenvalue weighted by Crippen LogP contribution is 2.44. The van der Waals surface area contributed by atoms with Crippen molar-refractivity contribution >= 4 is 12.6 Å².